The van der Waals surface area contributed by atoms with E-state index in [-0.39, 0.29) is 69.4 Å². The van der Waals surface area contributed by atoms with Gasteiger partial charge in [0.15, 0.2) is 0 Å². The van der Waals surface area contributed by atoms with Crippen molar-refractivity contribution < 1.29 is 78.0 Å². The molecule has 0 saturated carbocycles. The second kappa shape index (κ2) is 41.9. The lowest BCUT2D eigenvalue weighted by Gasteiger charge is -2.29. The number of aliphatic hydroxyl groups excluding tert-OH is 3. The highest BCUT2D eigenvalue weighted by atomic mass is 33.1. The summed E-state index contributed by atoms with van der Waals surface area (Å²) in [6.45, 7) is 1.31. The number of imidazole rings is 2. The molecule has 1 fully saturated rings. The number of hydrogen-bond acceptors (Lipinski definition) is 21. The quantitative estimate of drug-likeness (QED) is 0.0275. The van der Waals surface area contributed by atoms with Crippen molar-refractivity contribution in [2.45, 2.75) is 156 Å². The molecule has 36 heteroatoms. The summed E-state index contributed by atoms with van der Waals surface area (Å²) in [5.74, 6) is -13.4. The number of rotatable bonds is 20. The summed E-state index contributed by atoms with van der Waals surface area (Å²) in [4.78, 5) is 191. The molecule has 1 aliphatic rings. The minimum atomic E-state index is -1.93. The zero-order valence-electron chi connectivity index (χ0n) is 59.7. The predicted octanol–water partition coefficient (Wildman–Crippen LogP) is -2.61. The summed E-state index contributed by atoms with van der Waals surface area (Å²) in [6.07, 6.45) is 2.75. The van der Waals surface area contributed by atoms with E-state index in [1.165, 1.54) is 32.0 Å². The number of nitrogens with zero attached hydrogens (tertiary/aromatic N) is 2. The fraction of sp³-hybridized carbons (Fsp3) is 0.397. The third-order valence-corrected chi connectivity index (χ3v) is 20.2. The van der Waals surface area contributed by atoms with Crippen molar-refractivity contribution in [3.05, 3.63) is 180 Å². The molecule has 7 aromatic rings. The Bertz CT molecular complexity index is 4180. The lowest BCUT2D eigenvalue weighted by molar-refractivity contribution is -0.142. The van der Waals surface area contributed by atoms with E-state index in [1.54, 1.807) is 121 Å². The number of fused-ring (bicyclic) bond motifs is 1. The molecule has 0 spiro atoms. The Morgan fingerprint density at radius 3 is 1.26 bits per heavy atom. The predicted molar refractivity (Wildman–Crippen MR) is 402 cm³/mol. The van der Waals surface area contributed by atoms with Crippen molar-refractivity contribution >= 4 is 103 Å². The van der Waals surface area contributed by atoms with Crippen LogP contribution in [0.1, 0.15) is 66.8 Å². The van der Waals surface area contributed by atoms with Gasteiger partial charge >= 0.3 is 5.97 Å². The maximum absolute atomic E-state index is 15.4. The van der Waals surface area contributed by atoms with Crippen LogP contribution in [0.4, 0.5) is 0 Å². The van der Waals surface area contributed by atoms with E-state index in [9.17, 15) is 58.8 Å². The first-order chi connectivity index (χ1) is 52.4. The van der Waals surface area contributed by atoms with Gasteiger partial charge in [-0.25, -0.2) is 14.8 Å². The number of hydrogen-bond donors (Lipinski definition) is 20. The van der Waals surface area contributed by atoms with Crippen LogP contribution < -0.4 is 70.0 Å². The van der Waals surface area contributed by atoms with Gasteiger partial charge in [-0.15, -0.1) is 0 Å². The second-order valence-electron chi connectivity index (χ2n) is 26.1. The summed E-state index contributed by atoms with van der Waals surface area (Å²) in [6, 6.07) is 12.8. The number of aromatic nitrogens is 5. The molecule has 1 aliphatic heterocycles. The Kier molecular flexibility index (Phi) is 32.2. The largest absolute Gasteiger partial charge is 0.480 e. The highest BCUT2D eigenvalue weighted by Gasteiger charge is 2.39. The number of H-pyrrole nitrogens is 3. The van der Waals surface area contributed by atoms with E-state index < -0.39 is 168 Å². The van der Waals surface area contributed by atoms with Crippen LogP contribution in [0.25, 0.3) is 10.9 Å². The number of aromatic amines is 3. The molecule has 22 N–H and O–H groups in total. The minimum absolute atomic E-state index is 0.125. The van der Waals surface area contributed by atoms with E-state index >= 15 is 19.2 Å². The maximum atomic E-state index is 15.4. The Morgan fingerprint density at radius 2 is 0.826 bits per heavy atom. The van der Waals surface area contributed by atoms with Gasteiger partial charge in [0.05, 0.1) is 48.9 Å². The molecule has 3 aromatic heterocycles. The number of unbranched alkanes of at least 4 members (excludes halogenated alkanes) is 1. The summed E-state index contributed by atoms with van der Waals surface area (Å²) in [7, 11) is 1.76. The van der Waals surface area contributed by atoms with E-state index in [2.05, 4.69) is 83.4 Å². The van der Waals surface area contributed by atoms with Crippen LogP contribution in [0.3, 0.4) is 0 Å². The van der Waals surface area contributed by atoms with Crippen LogP contribution >= 0.6 is 21.6 Å². The van der Waals surface area contributed by atoms with Crippen LogP contribution in [0.5, 0.6) is 0 Å². The highest BCUT2D eigenvalue weighted by Crippen LogP contribution is 2.24. The number of nitrogens with two attached hydrogens (primary N) is 2. The van der Waals surface area contributed by atoms with Gasteiger partial charge in [-0.2, -0.15) is 0 Å². The molecule has 14 atom stereocenters. The Labute approximate surface area is 634 Å². The summed E-state index contributed by atoms with van der Waals surface area (Å²) in [5, 5.41) is 71.9. The zero-order chi connectivity index (χ0) is 78.5. The van der Waals surface area contributed by atoms with Gasteiger partial charge < -0.3 is 105 Å². The number of carbonyl (C=O) groups excluding carboxylic acids is 11. The molecule has 11 amide bonds. The number of aliphatic carboxylic acids is 1. The molecular weight excluding hydrogens is 1450 g/mol. The minimum Gasteiger partial charge on any atom is -0.480 e. The number of para-hydroxylation sites is 1. The van der Waals surface area contributed by atoms with E-state index in [1.807, 2.05) is 0 Å². The molecule has 34 nitrogen and oxygen atoms in total. The first-order valence-corrected chi connectivity index (χ1v) is 37.7. The van der Waals surface area contributed by atoms with Crippen LogP contribution in [0, 0.1) is 0 Å². The van der Waals surface area contributed by atoms with Gasteiger partial charge in [0.1, 0.15) is 66.5 Å². The smallest absolute Gasteiger partial charge is 0.327 e. The summed E-state index contributed by atoms with van der Waals surface area (Å²) in [5.41, 5.74) is 15.6. The van der Waals surface area contributed by atoms with E-state index in [0.717, 1.165) is 28.5 Å². The molecule has 582 valence electrons. The Hall–Kier alpha value is -11.0. The van der Waals surface area contributed by atoms with E-state index in [0.29, 0.717) is 45.3 Å². The van der Waals surface area contributed by atoms with Gasteiger partial charge in [-0.1, -0.05) is 131 Å². The van der Waals surface area contributed by atoms with Crippen molar-refractivity contribution in [1.29, 1.82) is 0 Å². The normalized spacial score (nSPS) is 24.3. The summed E-state index contributed by atoms with van der Waals surface area (Å²) >= 11 is 0. The Balaban J connectivity index is 1.17. The molecular formula is C73H92N18O16S2. The number of amides is 11. The molecule has 1 saturated heterocycles. The molecule has 8 rings (SSSR count). The molecule has 0 radical (unpaired) electrons. The number of aliphatic hydroxyl groups is 3. The average Bonchev–Trinajstić information content (AvgIpc) is 1.72. The van der Waals surface area contributed by atoms with E-state index in [4.69, 9.17) is 11.5 Å². The van der Waals surface area contributed by atoms with Crippen LogP contribution in [0.2, 0.25) is 0 Å². The lowest BCUT2D eigenvalue weighted by atomic mass is 10.00. The first kappa shape index (κ1) is 83.6. The fourth-order valence-electron chi connectivity index (χ4n) is 11.7. The molecule has 0 bridgehead atoms. The standard InChI is InChI=1S/C73H92N18O16S2/c1-40(93)60-71(104)87-54(28-44-20-10-5-11-21-44)69(102)91-61(41(2)94)72(105)88-58(35-92)70(103)89-59(73(106)107)37-109-108-36-49(75)62(95)82-56(30-46-33-76-38-79-46)67(100)86-57(31-47-34-77-39-80-47)68(101)84-52(26-42-16-6-3-7-17-42)64(97)83-53(27-43-18-8-4-9-19-43)65(98)85-55(29-45-32-78-50-23-13-12-22-48(45)50)66(99)81-51(63(96)90-60)24-14-15-25-74/h3-13,16-23,32-34,38-41,49,51-61,78,92-94H,14-15,24-31,35-37,74-75H2,1-2H3,(H,76,79)(H,77,80)(H,81,99)(H,82,95)(H,83,97)(H,84,101)(H,85,98)(H,86,100)(H,87,104)(H,88,105)(H,89,103)(H,90,96)(H,91,102)(H,106,107)/t40-,41-,49+,51+,52?,53+,54?,55?,56+,57+,58?,59+,60+,61+/m1/s1. The average molecular weight is 1540 g/mol. The van der Waals surface area contributed by atoms with Crippen molar-refractivity contribution in [3.63, 3.8) is 0 Å². The van der Waals surface area contributed by atoms with Gasteiger partial charge in [-0.3, -0.25) is 52.7 Å². The van der Waals surface area contributed by atoms with Crippen molar-refractivity contribution in [3.8, 4) is 0 Å². The molecule has 4 heterocycles. The maximum Gasteiger partial charge on any atom is 0.327 e. The van der Waals surface area contributed by atoms with Gasteiger partial charge in [0, 0.05) is 79.5 Å². The lowest BCUT2D eigenvalue weighted by Crippen LogP contribution is -2.63. The number of benzene rings is 4. The van der Waals surface area contributed by atoms with Gasteiger partial charge in [0.25, 0.3) is 0 Å². The third kappa shape index (κ3) is 25.6. The zero-order valence-corrected chi connectivity index (χ0v) is 61.3. The topological polar surface area (TPSA) is 543 Å². The van der Waals surface area contributed by atoms with Crippen LogP contribution in [-0.2, 0) is 96.1 Å². The van der Waals surface area contributed by atoms with Crippen LogP contribution in [-0.4, -0.2) is 226 Å². The molecule has 0 aliphatic carbocycles. The van der Waals surface area contributed by atoms with Crippen LogP contribution in [0.15, 0.2) is 147 Å². The second-order valence-corrected chi connectivity index (χ2v) is 28.7. The molecule has 4 aromatic carbocycles. The van der Waals surface area contributed by atoms with Crippen molar-refractivity contribution in [1.82, 2.24) is 83.4 Å². The fourth-order valence-corrected chi connectivity index (χ4v) is 14.0. The van der Waals surface area contributed by atoms with Crippen molar-refractivity contribution in [2.24, 2.45) is 11.5 Å². The first-order valence-electron chi connectivity index (χ1n) is 35.2. The number of carbonyl (C=O) groups is 12. The van der Waals surface area contributed by atoms with Gasteiger partial charge in [0.2, 0.25) is 65.0 Å². The molecule has 109 heavy (non-hydrogen) atoms. The number of nitrogens with one attached hydrogen (secondary N) is 14. The van der Waals surface area contributed by atoms with Crippen molar-refractivity contribution in [2.75, 3.05) is 24.7 Å². The van der Waals surface area contributed by atoms with Gasteiger partial charge in [-0.05, 0) is 68.0 Å². The SMILES string of the molecule is C[C@@H](O)[C@@H]1NC(=O)C(Cc2ccccc2)NC(=O)[C@H]([C@@H](C)O)NC(=O)[C@H](CCCCN)NC(=O)C(Cc2c[nH]c3ccccc23)NC(=O)[C@H](Cc2ccccc2)NC(=O)C(Cc2ccccc2)NC(=O)[C@H](Cc2c[nH]cn2)NC(=O)[C@H](Cc2c[nH]cn2)NC(=O)[C@@H](N)CSSC[C@@H](C(=O)O)NC(=O)C(CO)NC1=O. The highest BCUT2D eigenvalue weighted by molar-refractivity contribution is 8.76. The summed E-state index contributed by atoms with van der Waals surface area (Å²) < 4.78 is 0. The third-order valence-electron chi connectivity index (χ3n) is 17.7. The molecule has 4 unspecified atom stereocenters. The Morgan fingerprint density at radius 1 is 0.450 bits per heavy atom. The number of carboxylic acid groups (broad SMARTS) is 1. The number of carboxylic acids is 1. The monoisotopic (exact) mass is 1540 g/mol.